The molecule has 1 aliphatic heterocycles. The molecule has 0 atom stereocenters. The number of ether oxygens (including phenoxy) is 1. The number of thiocarbonyl (C=S) groups is 1. The Kier molecular flexibility index (Phi) is 7.47. The van der Waals surface area contributed by atoms with Gasteiger partial charge in [-0.1, -0.05) is 36.5 Å². The average molecular weight is 396 g/mol. The van der Waals surface area contributed by atoms with E-state index in [2.05, 4.69) is 0 Å². The summed E-state index contributed by atoms with van der Waals surface area (Å²) in [4.78, 5) is 25.1. The molecule has 8 heteroatoms. The van der Waals surface area contributed by atoms with Gasteiger partial charge >= 0.3 is 5.97 Å². The van der Waals surface area contributed by atoms with Gasteiger partial charge in [-0.25, -0.2) is 0 Å². The van der Waals surface area contributed by atoms with Gasteiger partial charge in [0.15, 0.2) is 11.5 Å². The maximum Gasteiger partial charge on any atom is 0.303 e. The van der Waals surface area contributed by atoms with Crippen molar-refractivity contribution in [2.24, 2.45) is 0 Å². The third-order valence-corrected chi connectivity index (χ3v) is 5.11. The van der Waals surface area contributed by atoms with E-state index in [0.717, 1.165) is 12.0 Å². The highest BCUT2D eigenvalue weighted by Gasteiger charge is 2.31. The number of carboxylic acid groups (broad SMARTS) is 1. The van der Waals surface area contributed by atoms with Gasteiger partial charge in [0.2, 0.25) is 0 Å². The number of aromatic hydroxyl groups is 1. The lowest BCUT2D eigenvalue weighted by atomic mass is 10.1. The van der Waals surface area contributed by atoms with Crippen LogP contribution in [0.25, 0.3) is 6.08 Å². The lowest BCUT2D eigenvalue weighted by Gasteiger charge is -2.13. The predicted octanol–water partition coefficient (Wildman–Crippen LogP) is 3.64. The Morgan fingerprint density at radius 2 is 2.12 bits per heavy atom. The molecule has 6 nitrogen and oxygen atoms in total. The number of phenolic OH excluding ortho intramolecular Hbond substituents is 1. The molecule has 0 radical (unpaired) electrons. The number of nitrogens with zero attached hydrogens (tertiary/aromatic N) is 1. The summed E-state index contributed by atoms with van der Waals surface area (Å²) >= 11 is 6.53. The highest BCUT2D eigenvalue weighted by molar-refractivity contribution is 8.26. The number of benzene rings is 1. The Hall–Kier alpha value is -2.06. The lowest BCUT2D eigenvalue weighted by Crippen LogP contribution is -2.29. The van der Waals surface area contributed by atoms with Crippen molar-refractivity contribution in [3.63, 3.8) is 0 Å². The molecule has 140 valence electrons. The summed E-state index contributed by atoms with van der Waals surface area (Å²) in [6.45, 7) is 2.75. The molecule has 0 unspecified atom stereocenters. The van der Waals surface area contributed by atoms with Crippen LogP contribution in [0.1, 0.15) is 38.2 Å². The van der Waals surface area contributed by atoms with Gasteiger partial charge in [-0.15, -0.1) is 0 Å². The zero-order valence-corrected chi connectivity index (χ0v) is 16.1. The van der Waals surface area contributed by atoms with Crippen molar-refractivity contribution < 1.29 is 24.5 Å². The number of thioether (sulfide) groups is 1. The smallest absolute Gasteiger partial charge is 0.303 e. The van der Waals surface area contributed by atoms with Crippen LogP contribution in [0.2, 0.25) is 0 Å². The van der Waals surface area contributed by atoms with Gasteiger partial charge in [0.25, 0.3) is 5.91 Å². The van der Waals surface area contributed by atoms with E-state index in [4.69, 9.17) is 22.1 Å². The predicted molar refractivity (Wildman–Crippen MR) is 105 cm³/mol. The van der Waals surface area contributed by atoms with Gasteiger partial charge in [0.1, 0.15) is 4.32 Å². The van der Waals surface area contributed by atoms with Crippen molar-refractivity contribution in [3.8, 4) is 11.5 Å². The highest BCUT2D eigenvalue weighted by atomic mass is 32.2. The molecule has 1 aromatic carbocycles. The molecule has 0 bridgehead atoms. The minimum atomic E-state index is -0.807. The van der Waals surface area contributed by atoms with Crippen LogP contribution in [0, 0.1) is 0 Å². The van der Waals surface area contributed by atoms with E-state index in [1.54, 1.807) is 23.1 Å². The zero-order valence-electron chi connectivity index (χ0n) is 14.4. The van der Waals surface area contributed by atoms with Gasteiger partial charge < -0.3 is 14.9 Å². The second-order valence-electron chi connectivity index (χ2n) is 5.70. The molecule has 1 saturated heterocycles. The van der Waals surface area contributed by atoms with Crippen molar-refractivity contribution in [1.82, 2.24) is 4.90 Å². The molecule has 26 heavy (non-hydrogen) atoms. The number of carbonyl (C=O) groups is 2. The van der Waals surface area contributed by atoms with E-state index in [1.807, 2.05) is 6.92 Å². The summed E-state index contributed by atoms with van der Waals surface area (Å²) in [6, 6.07) is 4.91. The van der Waals surface area contributed by atoms with Crippen LogP contribution in [0.15, 0.2) is 23.1 Å². The number of carbonyl (C=O) groups excluding carboxylic acids is 1. The van der Waals surface area contributed by atoms with Crippen LogP contribution in [-0.2, 0) is 9.59 Å². The lowest BCUT2D eigenvalue weighted by molar-refractivity contribution is -0.137. The number of rotatable bonds is 9. The minimum absolute atomic E-state index is 0.0536. The molecule has 1 heterocycles. The topological polar surface area (TPSA) is 87.1 Å². The zero-order chi connectivity index (χ0) is 19.1. The molecule has 1 fully saturated rings. The second-order valence-corrected chi connectivity index (χ2v) is 7.37. The molecule has 2 N–H and O–H groups in total. The SMILES string of the molecule is CCOc1cc(C=C2SC(=S)N(CCCCCC(=O)O)C2=O)ccc1O. The Labute approximate surface area is 161 Å². The number of carboxylic acids is 1. The molecule has 1 aromatic rings. The summed E-state index contributed by atoms with van der Waals surface area (Å²) in [5, 5.41) is 18.4. The first-order chi connectivity index (χ1) is 12.4. The Morgan fingerprint density at radius 1 is 1.35 bits per heavy atom. The maximum atomic E-state index is 12.5. The largest absolute Gasteiger partial charge is 0.504 e. The number of amides is 1. The fourth-order valence-electron chi connectivity index (χ4n) is 2.46. The molecular weight excluding hydrogens is 374 g/mol. The highest BCUT2D eigenvalue weighted by Crippen LogP contribution is 2.34. The molecule has 0 aliphatic carbocycles. The molecule has 1 amide bonds. The van der Waals surface area contributed by atoms with Crippen molar-refractivity contribution in [2.45, 2.75) is 32.6 Å². The van der Waals surface area contributed by atoms with Gasteiger partial charge in [-0.3, -0.25) is 14.5 Å². The van der Waals surface area contributed by atoms with Crippen LogP contribution in [0.3, 0.4) is 0 Å². The summed E-state index contributed by atoms with van der Waals surface area (Å²) in [6.07, 6.45) is 3.90. The van der Waals surface area contributed by atoms with Crippen molar-refractivity contribution in [1.29, 1.82) is 0 Å². The summed E-state index contributed by atoms with van der Waals surface area (Å²) < 4.78 is 5.86. The minimum Gasteiger partial charge on any atom is -0.504 e. The quantitative estimate of drug-likeness (QED) is 0.375. The van der Waals surface area contributed by atoms with E-state index in [-0.39, 0.29) is 18.1 Å². The normalized spacial score (nSPS) is 15.7. The number of hydrogen-bond acceptors (Lipinski definition) is 6. The van der Waals surface area contributed by atoms with Crippen molar-refractivity contribution in [3.05, 3.63) is 28.7 Å². The first kappa shape index (κ1) is 20.3. The summed E-state index contributed by atoms with van der Waals surface area (Å²) in [7, 11) is 0. The number of phenols is 1. The van der Waals surface area contributed by atoms with Crippen LogP contribution >= 0.6 is 24.0 Å². The number of unbranched alkanes of at least 4 members (excludes halogenated alkanes) is 2. The standard InChI is InChI=1S/C18H21NO5S2/c1-2-24-14-10-12(7-8-13(14)20)11-15-17(23)19(18(25)26-15)9-5-3-4-6-16(21)22/h7-8,10-11,20H,2-6,9H2,1H3,(H,21,22). The monoisotopic (exact) mass is 395 g/mol. The van der Waals surface area contributed by atoms with Gasteiger partial charge in [0, 0.05) is 13.0 Å². The van der Waals surface area contributed by atoms with E-state index in [1.165, 1.54) is 17.8 Å². The van der Waals surface area contributed by atoms with Crippen LogP contribution in [0.5, 0.6) is 11.5 Å². The van der Waals surface area contributed by atoms with Crippen LogP contribution in [0.4, 0.5) is 0 Å². The molecule has 0 spiro atoms. The van der Waals surface area contributed by atoms with E-state index < -0.39 is 5.97 Å². The van der Waals surface area contributed by atoms with E-state index in [9.17, 15) is 14.7 Å². The second kappa shape index (κ2) is 9.59. The van der Waals surface area contributed by atoms with Crippen molar-refractivity contribution in [2.75, 3.05) is 13.2 Å². The van der Waals surface area contributed by atoms with Crippen molar-refractivity contribution >= 4 is 46.3 Å². The number of aliphatic carboxylic acids is 1. The third kappa shape index (κ3) is 5.47. The molecule has 1 aliphatic rings. The fraction of sp³-hybridized carbons (Fsp3) is 0.389. The van der Waals surface area contributed by atoms with Crippen LogP contribution in [-0.4, -0.2) is 44.5 Å². The first-order valence-corrected chi connectivity index (χ1v) is 9.57. The third-order valence-electron chi connectivity index (χ3n) is 3.73. The van der Waals surface area contributed by atoms with Gasteiger partial charge in [-0.05, 0) is 43.5 Å². The van der Waals surface area contributed by atoms with E-state index in [0.29, 0.717) is 41.0 Å². The van der Waals surface area contributed by atoms with Gasteiger partial charge in [0.05, 0.1) is 11.5 Å². The maximum absolute atomic E-state index is 12.5. The first-order valence-electron chi connectivity index (χ1n) is 8.35. The Bertz CT molecular complexity index is 732. The number of hydrogen-bond donors (Lipinski definition) is 2. The van der Waals surface area contributed by atoms with Crippen LogP contribution < -0.4 is 4.74 Å². The fourth-order valence-corrected chi connectivity index (χ4v) is 3.77. The molecule has 0 saturated carbocycles. The molecule has 0 aromatic heterocycles. The Morgan fingerprint density at radius 3 is 2.81 bits per heavy atom. The average Bonchev–Trinajstić information content (AvgIpc) is 2.84. The molecule has 2 rings (SSSR count). The Balaban J connectivity index is 2.00. The van der Waals surface area contributed by atoms with E-state index >= 15 is 0 Å². The summed E-state index contributed by atoms with van der Waals surface area (Å²) in [5.74, 6) is -0.531. The molecular formula is C18H21NO5S2. The van der Waals surface area contributed by atoms with Gasteiger partial charge in [-0.2, -0.15) is 0 Å². The summed E-state index contributed by atoms with van der Waals surface area (Å²) in [5.41, 5.74) is 0.744.